The minimum Gasteiger partial charge on any atom is -0.377 e. The highest BCUT2D eigenvalue weighted by Gasteiger charge is 2.21. The van der Waals surface area contributed by atoms with Gasteiger partial charge >= 0.3 is 0 Å². The van der Waals surface area contributed by atoms with Gasteiger partial charge in [0.2, 0.25) is 0 Å². The third-order valence-electron chi connectivity index (χ3n) is 3.77. The first kappa shape index (κ1) is 11.8. The van der Waals surface area contributed by atoms with E-state index >= 15 is 0 Å². The molecule has 96 valence electrons. The molecule has 0 radical (unpaired) electrons. The zero-order valence-electron chi connectivity index (χ0n) is 10.8. The Kier molecular flexibility index (Phi) is 3.35. The zero-order chi connectivity index (χ0) is 12.4. The first-order valence-corrected chi connectivity index (χ1v) is 6.74. The third-order valence-corrected chi connectivity index (χ3v) is 3.77. The molecule has 1 saturated heterocycles. The highest BCUT2D eigenvalue weighted by atomic mass is 16.5. The van der Waals surface area contributed by atoms with Crippen molar-refractivity contribution in [3.63, 3.8) is 0 Å². The molecule has 2 N–H and O–H groups in total. The molecule has 2 heterocycles. The fraction of sp³-hybridized carbons (Fsp3) is 0.467. The Balaban J connectivity index is 1.61. The van der Waals surface area contributed by atoms with E-state index in [2.05, 4.69) is 41.5 Å². The zero-order valence-corrected chi connectivity index (χ0v) is 10.8. The van der Waals surface area contributed by atoms with E-state index in [9.17, 15) is 0 Å². The molecule has 1 aromatic heterocycles. The Morgan fingerprint density at radius 3 is 3.22 bits per heavy atom. The lowest BCUT2D eigenvalue weighted by molar-refractivity contribution is 0.0832. The quantitative estimate of drug-likeness (QED) is 0.867. The highest BCUT2D eigenvalue weighted by Crippen LogP contribution is 2.17. The molecular formula is C15H20N2O. The lowest BCUT2D eigenvalue weighted by Gasteiger charge is -2.20. The Hall–Kier alpha value is -1.32. The van der Waals surface area contributed by atoms with E-state index in [1.54, 1.807) is 0 Å². The van der Waals surface area contributed by atoms with Gasteiger partial charge in [-0.15, -0.1) is 0 Å². The van der Waals surface area contributed by atoms with E-state index in [4.69, 9.17) is 4.74 Å². The Bertz CT molecular complexity index is 514. The molecule has 2 atom stereocenters. The van der Waals surface area contributed by atoms with Crippen LogP contribution in [0.4, 0.5) is 0 Å². The fourth-order valence-corrected chi connectivity index (χ4v) is 2.62. The van der Waals surface area contributed by atoms with E-state index in [1.165, 1.54) is 29.3 Å². The van der Waals surface area contributed by atoms with E-state index in [0.29, 0.717) is 12.1 Å². The van der Waals surface area contributed by atoms with E-state index < -0.39 is 0 Å². The Morgan fingerprint density at radius 1 is 1.44 bits per heavy atom. The van der Waals surface area contributed by atoms with Crippen molar-refractivity contribution in [3.05, 3.63) is 36.0 Å². The van der Waals surface area contributed by atoms with Crippen LogP contribution in [-0.2, 0) is 11.3 Å². The number of aromatic amines is 1. The van der Waals surface area contributed by atoms with Crippen LogP contribution in [0.25, 0.3) is 10.9 Å². The summed E-state index contributed by atoms with van der Waals surface area (Å²) in [7, 11) is 0. The average Bonchev–Trinajstić information content (AvgIpc) is 3.05. The van der Waals surface area contributed by atoms with Gasteiger partial charge in [-0.1, -0.05) is 6.07 Å². The number of aromatic nitrogens is 1. The summed E-state index contributed by atoms with van der Waals surface area (Å²) >= 11 is 0. The molecular weight excluding hydrogens is 224 g/mol. The monoisotopic (exact) mass is 244 g/mol. The Labute approximate surface area is 108 Å². The second-order valence-corrected chi connectivity index (χ2v) is 5.12. The largest absolute Gasteiger partial charge is 0.377 e. The SMILES string of the molecule is CC(NCc1ccc2[nH]ccc2c1)C1CCCO1. The molecule has 18 heavy (non-hydrogen) atoms. The second-order valence-electron chi connectivity index (χ2n) is 5.12. The molecule has 2 unspecified atom stereocenters. The molecule has 0 spiro atoms. The first-order chi connectivity index (χ1) is 8.83. The molecule has 3 rings (SSSR count). The molecule has 0 amide bonds. The van der Waals surface area contributed by atoms with E-state index in [0.717, 1.165) is 13.2 Å². The lowest BCUT2D eigenvalue weighted by atomic mass is 10.1. The number of nitrogens with one attached hydrogen (secondary N) is 2. The van der Waals surface area contributed by atoms with Gasteiger partial charge in [-0.3, -0.25) is 0 Å². The van der Waals surface area contributed by atoms with Crippen molar-refractivity contribution < 1.29 is 4.74 Å². The van der Waals surface area contributed by atoms with Gasteiger partial charge < -0.3 is 15.0 Å². The van der Waals surface area contributed by atoms with Crippen molar-refractivity contribution in [1.82, 2.24) is 10.3 Å². The summed E-state index contributed by atoms with van der Waals surface area (Å²) in [6.07, 6.45) is 4.76. The topological polar surface area (TPSA) is 37.0 Å². The summed E-state index contributed by atoms with van der Waals surface area (Å²) in [5, 5.41) is 4.84. The van der Waals surface area contributed by atoms with Crippen molar-refractivity contribution in [2.24, 2.45) is 0 Å². The summed E-state index contributed by atoms with van der Waals surface area (Å²) in [5.41, 5.74) is 2.53. The predicted octanol–water partition coefficient (Wildman–Crippen LogP) is 2.83. The van der Waals surface area contributed by atoms with Crippen LogP contribution in [0, 0.1) is 0 Å². The maximum atomic E-state index is 5.69. The van der Waals surface area contributed by atoms with Gasteiger partial charge in [0.25, 0.3) is 0 Å². The molecule has 0 saturated carbocycles. The van der Waals surface area contributed by atoms with Gasteiger partial charge in [0.1, 0.15) is 0 Å². The predicted molar refractivity (Wildman–Crippen MR) is 73.6 cm³/mol. The number of ether oxygens (including phenoxy) is 1. The Morgan fingerprint density at radius 2 is 2.39 bits per heavy atom. The van der Waals surface area contributed by atoms with Crippen LogP contribution >= 0.6 is 0 Å². The summed E-state index contributed by atoms with van der Waals surface area (Å²) in [6, 6.07) is 9.09. The van der Waals surface area contributed by atoms with Crippen LogP contribution < -0.4 is 5.32 Å². The van der Waals surface area contributed by atoms with Crippen LogP contribution in [-0.4, -0.2) is 23.7 Å². The molecule has 1 aliphatic heterocycles. The fourth-order valence-electron chi connectivity index (χ4n) is 2.62. The minimum absolute atomic E-state index is 0.390. The number of H-pyrrole nitrogens is 1. The summed E-state index contributed by atoms with van der Waals surface area (Å²) in [4.78, 5) is 3.22. The molecule has 1 aliphatic rings. The summed E-state index contributed by atoms with van der Waals surface area (Å²) in [6.45, 7) is 4.04. The van der Waals surface area contributed by atoms with Crippen molar-refractivity contribution in [3.8, 4) is 0 Å². The second kappa shape index (κ2) is 5.12. The van der Waals surface area contributed by atoms with Gasteiger partial charge in [0.05, 0.1) is 6.10 Å². The van der Waals surface area contributed by atoms with Crippen molar-refractivity contribution in [2.75, 3.05) is 6.61 Å². The molecule has 1 fully saturated rings. The van der Waals surface area contributed by atoms with E-state index in [1.807, 2.05) is 6.20 Å². The molecule has 2 aromatic rings. The number of hydrogen-bond donors (Lipinski definition) is 2. The number of fused-ring (bicyclic) bond motifs is 1. The van der Waals surface area contributed by atoms with Crippen LogP contribution in [0.3, 0.4) is 0 Å². The van der Waals surface area contributed by atoms with Crippen molar-refractivity contribution in [2.45, 2.75) is 38.5 Å². The molecule has 3 nitrogen and oxygen atoms in total. The molecule has 3 heteroatoms. The normalized spacial score (nSPS) is 21.5. The van der Waals surface area contributed by atoms with E-state index in [-0.39, 0.29) is 0 Å². The minimum atomic E-state index is 0.390. The first-order valence-electron chi connectivity index (χ1n) is 6.74. The average molecular weight is 244 g/mol. The van der Waals surface area contributed by atoms with Gasteiger partial charge in [-0.2, -0.15) is 0 Å². The summed E-state index contributed by atoms with van der Waals surface area (Å²) < 4.78 is 5.69. The molecule has 0 aliphatic carbocycles. The number of rotatable bonds is 4. The van der Waals surface area contributed by atoms with Gasteiger partial charge in [0, 0.05) is 30.9 Å². The molecule has 1 aromatic carbocycles. The van der Waals surface area contributed by atoms with Crippen LogP contribution in [0.5, 0.6) is 0 Å². The van der Waals surface area contributed by atoms with Crippen LogP contribution in [0.1, 0.15) is 25.3 Å². The van der Waals surface area contributed by atoms with Gasteiger partial charge in [-0.25, -0.2) is 0 Å². The number of hydrogen-bond acceptors (Lipinski definition) is 2. The highest BCUT2D eigenvalue weighted by molar-refractivity contribution is 5.79. The lowest BCUT2D eigenvalue weighted by Crippen LogP contribution is -2.36. The van der Waals surface area contributed by atoms with Gasteiger partial charge in [0.15, 0.2) is 0 Å². The maximum Gasteiger partial charge on any atom is 0.0726 e. The number of benzene rings is 1. The standard InChI is InChI=1S/C15H20N2O/c1-11(15-3-2-8-18-15)17-10-12-4-5-14-13(9-12)6-7-16-14/h4-7,9,11,15-17H,2-3,8,10H2,1H3. The van der Waals surface area contributed by atoms with Crippen molar-refractivity contribution >= 4 is 10.9 Å². The van der Waals surface area contributed by atoms with Crippen molar-refractivity contribution in [1.29, 1.82) is 0 Å². The summed E-state index contributed by atoms with van der Waals surface area (Å²) in [5.74, 6) is 0. The maximum absolute atomic E-state index is 5.69. The van der Waals surface area contributed by atoms with Crippen LogP contribution in [0.15, 0.2) is 30.5 Å². The third kappa shape index (κ3) is 2.42. The van der Waals surface area contributed by atoms with Gasteiger partial charge in [-0.05, 0) is 48.9 Å². The van der Waals surface area contributed by atoms with Crippen LogP contribution in [0.2, 0.25) is 0 Å². The molecule has 0 bridgehead atoms. The smallest absolute Gasteiger partial charge is 0.0726 e.